The maximum Gasteiger partial charge on any atom is 0.179 e. The Kier molecular flexibility index (Phi) is 6.70. The number of nitrogens with one attached hydrogen (secondary N) is 1. The van der Waals surface area contributed by atoms with Crippen LogP contribution in [0.3, 0.4) is 0 Å². The van der Waals surface area contributed by atoms with Crippen LogP contribution in [0.25, 0.3) is 6.08 Å². The van der Waals surface area contributed by atoms with Gasteiger partial charge in [0, 0.05) is 21.8 Å². The highest BCUT2D eigenvalue weighted by Gasteiger charge is 2.43. The van der Waals surface area contributed by atoms with E-state index < -0.39 is 5.54 Å². The Morgan fingerprint density at radius 2 is 1.87 bits per heavy atom. The molecular weight excluding hydrogens is 449 g/mol. The number of phenols is 1. The fourth-order valence-corrected chi connectivity index (χ4v) is 4.33. The van der Waals surface area contributed by atoms with Crippen LogP contribution in [0.5, 0.6) is 5.75 Å². The lowest BCUT2D eigenvalue weighted by Crippen LogP contribution is -2.45. The van der Waals surface area contributed by atoms with Crippen LogP contribution < -0.4 is 10.2 Å². The van der Waals surface area contributed by atoms with Gasteiger partial charge >= 0.3 is 0 Å². The van der Waals surface area contributed by atoms with E-state index >= 15 is 0 Å². The van der Waals surface area contributed by atoms with Crippen LogP contribution in [0.4, 0.5) is 5.69 Å². The van der Waals surface area contributed by atoms with Crippen LogP contribution in [-0.4, -0.2) is 27.6 Å². The first-order valence-electron chi connectivity index (χ1n) is 10.0. The molecule has 1 aliphatic heterocycles. The van der Waals surface area contributed by atoms with E-state index in [0.717, 1.165) is 17.1 Å². The third-order valence-corrected chi connectivity index (χ3v) is 6.08. The minimum Gasteiger partial charge on any atom is -0.508 e. The van der Waals surface area contributed by atoms with Gasteiger partial charge in [-0.1, -0.05) is 68.3 Å². The second kappa shape index (κ2) is 8.81. The normalized spacial score (nSPS) is 18.6. The predicted molar refractivity (Wildman–Crippen MR) is 137 cm³/mol. The second-order valence-electron chi connectivity index (χ2n) is 9.16. The molecule has 31 heavy (non-hydrogen) atoms. The molecule has 4 nitrogen and oxygen atoms in total. The molecule has 1 heterocycles. The Morgan fingerprint density at radius 1 is 1.16 bits per heavy atom. The zero-order chi connectivity index (χ0) is 23.0. The molecule has 1 unspecified atom stereocenters. The minimum absolute atomic E-state index is 0.132. The molecule has 3 rings (SSSR count). The number of hydrogen-bond acceptors (Lipinski definition) is 3. The van der Waals surface area contributed by atoms with E-state index in [0.29, 0.717) is 15.2 Å². The van der Waals surface area contributed by atoms with Crippen molar-refractivity contribution in [2.24, 2.45) is 10.4 Å². The molecular formula is C24H27Cl2N3OS. The summed E-state index contributed by atoms with van der Waals surface area (Å²) in [6.07, 6.45) is 4.03. The topological polar surface area (TPSA) is 47.9 Å². The van der Waals surface area contributed by atoms with Crippen molar-refractivity contribution in [1.29, 1.82) is 0 Å². The highest BCUT2D eigenvalue weighted by molar-refractivity contribution is 7.80. The minimum atomic E-state index is -0.514. The van der Waals surface area contributed by atoms with Crippen LogP contribution in [0.1, 0.15) is 40.2 Å². The summed E-state index contributed by atoms with van der Waals surface area (Å²) >= 11 is 18.0. The lowest BCUT2D eigenvalue weighted by atomic mass is 9.86. The Morgan fingerprint density at radius 3 is 2.48 bits per heavy atom. The molecule has 1 saturated heterocycles. The Hall–Kier alpha value is -2.08. The number of hydrogen-bond donors (Lipinski definition) is 2. The van der Waals surface area contributed by atoms with E-state index in [9.17, 15) is 5.11 Å². The Bertz CT molecular complexity index is 1060. The van der Waals surface area contributed by atoms with Gasteiger partial charge in [0.25, 0.3) is 0 Å². The van der Waals surface area contributed by atoms with Crippen molar-refractivity contribution < 1.29 is 5.11 Å². The summed E-state index contributed by atoms with van der Waals surface area (Å²) in [5.41, 5.74) is 1.04. The van der Waals surface area contributed by atoms with Gasteiger partial charge in [-0.05, 0) is 61.3 Å². The number of aliphatic imine (C=N–C) groups is 1. The number of anilines is 1. The van der Waals surface area contributed by atoms with E-state index in [-0.39, 0.29) is 17.2 Å². The quantitative estimate of drug-likeness (QED) is 0.482. The first kappa shape index (κ1) is 23.6. The monoisotopic (exact) mass is 475 g/mol. The molecule has 0 amide bonds. The number of phenolic OH excluding ortho intramolecular Hbond substituents is 1. The van der Waals surface area contributed by atoms with Crippen LogP contribution in [0.2, 0.25) is 10.0 Å². The van der Waals surface area contributed by atoms with Gasteiger partial charge in [-0.15, -0.1) is 0 Å². The van der Waals surface area contributed by atoms with Gasteiger partial charge in [-0.3, -0.25) is 4.99 Å². The molecule has 2 N–H and O–H groups in total. The lowest BCUT2D eigenvalue weighted by Gasteiger charge is -2.32. The van der Waals surface area contributed by atoms with E-state index in [1.165, 1.54) is 0 Å². The summed E-state index contributed by atoms with van der Waals surface area (Å²) in [6, 6.07) is 12.4. The molecule has 0 spiro atoms. The highest BCUT2D eigenvalue weighted by Crippen LogP contribution is 2.33. The van der Waals surface area contributed by atoms with Crippen LogP contribution >= 0.6 is 35.4 Å². The molecule has 2 aromatic rings. The maximum absolute atomic E-state index is 9.92. The number of amidine groups is 1. The zero-order valence-electron chi connectivity index (χ0n) is 18.3. The van der Waals surface area contributed by atoms with Crippen molar-refractivity contribution >= 4 is 58.1 Å². The predicted octanol–water partition coefficient (Wildman–Crippen LogP) is 6.70. The molecule has 0 saturated carbocycles. The van der Waals surface area contributed by atoms with Crippen molar-refractivity contribution in [3.05, 3.63) is 64.1 Å². The first-order valence-corrected chi connectivity index (χ1v) is 11.2. The molecule has 0 aliphatic carbocycles. The number of halogens is 2. The number of rotatable bonds is 4. The SMILES string of the molecule is CC(C)(C)C(/C=C/c1ccc(Cl)cc1Cl)N=C1NC(=S)N(c2cccc(O)c2)C1(C)C. The van der Waals surface area contributed by atoms with Gasteiger partial charge in [-0.2, -0.15) is 0 Å². The van der Waals surface area contributed by atoms with Crippen LogP contribution in [0.15, 0.2) is 53.5 Å². The summed E-state index contributed by atoms with van der Waals surface area (Å²) < 4.78 is 0. The van der Waals surface area contributed by atoms with E-state index in [1.54, 1.807) is 24.3 Å². The summed E-state index contributed by atoms with van der Waals surface area (Å²) in [5, 5.41) is 14.9. The van der Waals surface area contributed by atoms with Gasteiger partial charge in [0.2, 0.25) is 0 Å². The maximum atomic E-state index is 9.92. The molecule has 1 aliphatic rings. The molecule has 164 valence electrons. The number of benzene rings is 2. The second-order valence-corrected chi connectivity index (χ2v) is 10.4. The molecule has 0 radical (unpaired) electrons. The number of aromatic hydroxyl groups is 1. The van der Waals surface area contributed by atoms with Crippen molar-refractivity contribution in [3.8, 4) is 5.75 Å². The van der Waals surface area contributed by atoms with Crippen molar-refractivity contribution in [2.75, 3.05) is 4.90 Å². The van der Waals surface area contributed by atoms with Crippen molar-refractivity contribution in [1.82, 2.24) is 5.32 Å². The zero-order valence-corrected chi connectivity index (χ0v) is 20.6. The van der Waals surface area contributed by atoms with E-state index in [2.05, 4.69) is 46.0 Å². The van der Waals surface area contributed by atoms with E-state index in [1.807, 2.05) is 29.2 Å². The average molecular weight is 476 g/mol. The molecule has 0 aromatic heterocycles. The molecule has 2 aromatic carbocycles. The lowest BCUT2D eigenvalue weighted by molar-refractivity contribution is 0.367. The smallest absolute Gasteiger partial charge is 0.179 e. The fourth-order valence-electron chi connectivity index (χ4n) is 3.43. The van der Waals surface area contributed by atoms with Crippen LogP contribution in [-0.2, 0) is 0 Å². The third kappa shape index (κ3) is 5.22. The Balaban J connectivity index is 1.97. The number of thiocarbonyl (C=S) groups is 1. The largest absolute Gasteiger partial charge is 0.508 e. The summed E-state index contributed by atoms with van der Waals surface area (Å²) in [4.78, 5) is 7.04. The number of nitrogens with zero attached hydrogens (tertiary/aromatic N) is 2. The Labute approximate surface area is 199 Å². The van der Waals surface area contributed by atoms with Gasteiger partial charge in [0.1, 0.15) is 11.6 Å². The highest BCUT2D eigenvalue weighted by atomic mass is 35.5. The van der Waals surface area contributed by atoms with Gasteiger partial charge < -0.3 is 15.3 Å². The summed E-state index contributed by atoms with van der Waals surface area (Å²) in [5.74, 6) is 0.962. The third-order valence-electron chi connectivity index (χ3n) is 5.23. The molecule has 1 atom stereocenters. The fraction of sp³-hybridized carbons (Fsp3) is 0.333. The molecule has 1 fully saturated rings. The van der Waals surface area contributed by atoms with Crippen LogP contribution in [0, 0.1) is 5.41 Å². The first-order chi connectivity index (χ1) is 14.4. The van der Waals surface area contributed by atoms with Gasteiger partial charge in [0.15, 0.2) is 5.11 Å². The molecule has 0 bridgehead atoms. The molecule has 7 heteroatoms. The van der Waals surface area contributed by atoms with Gasteiger partial charge in [-0.25, -0.2) is 0 Å². The van der Waals surface area contributed by atoms with Crippen molar-refractivity contribution in [3.63, 3.8) is 0 Å². The summed E-state index contributed by atoms with van der Waals surface area (Å²) in [6.45, 7) is 10.5. The van der Waals surface area contributed by atoms with Gasteiger partial charge in [0.05, 0.1) is 11.6 Å². The van der Waals surface area contributed by atoms with E-state index in [4.69, 9.17) is 40.4 Å². The van der Waals surface area contributed by atoms with Crippen molar-refractivity contribution in [2.45, 2.75) is 46.2 Å². The average Bonchev–Trinajstić information content (AvgIpc) is 2.86. The summed E-state index contributed by atoms with van der Waals surface area (Å²) in [7, 11) is 0. The standard InChI is InChI=1S/C24H27Cl2N3OS/c1-23(2,3)20(12-10-15-9-11-16(25)13-19(15)26)27-21-24(4,5)29(22(31)28-21)17-7-6-8-18(30)14-17/h6-14,20,30H,1-5H3,(H,27,28,31)/b12-10+.